The first-order valence-electron chi connectivity index (χ1n) is 7.46. The van der Waals surface area contributed by atoms with Gasteiger partial charge in [0.25, 0.3) is 10.0 Å². The quantitative estimate of drug-likeness (QED) is 0.821. The number of carbonyl (C=O) groups excluding carboxylic acids is 2. The lowest BCUT2D eigenvalue weighted by atomic mass is 10.1. The van der Waals surface area contributed by atoms with Crippen molar-refractivity contribution in [1.29, 1.82) is 0 Å². The molecule has 0 saturated carbocycles. The zero-order valence-electron chi connectivity index (χ0n) is 13.4. The predicted octanol–water partition coefficient (Wildman–Crippen LogP) is 1.08. The third-order valence-electron chi connectivity index (χ3n) is 4.09. The van der Waals surface area contributed by atoms with Crippen molar-refractivity contribution in [1.82, 2.24) is 0 Å². The molecule has 0 radical (unpaired) electrons. The van der Waals surface area contributed by atoms with E-state index in [9.17, 15) is 18.0 Å². The molecule has 0 saturated heterocycles. The van der Waals surface area contributed by atoms with E-state index in [1.165, 1.54) is 31.4 Å². The number of esters is 1. The number of hydrogen-bond donors (Lipinski definition) is 1. The van der Waals surface area contributed by atoms with Gasteiger partial charge in [-0.1, -0.05) is 18.2 Å². The fraction of sp³-hybridized carbons (Fsp3) is 0.176. The number of fused-ring (bicyclic) bond motifs is 1. The van der Waals surface area contributed by atoms with Gasteiger partial charge in [-0.2, -0.15) is 0 Å². The molecule has 130 valence electrons. The summed E-state index contributed by atoms with van der Waals surface area (Å²) in [6, 6.07) is 11.2. The minimum Gasteiger partial charge on any atom is -0.465 e. The molecule has 1 amide bonds. The Bertz CT molecular complexity index is 938. The highest BCUT2D eigenvalue weighted by molar-refractivity contribution is 7.93. The molecule has 1 aliphatic heterocycles. The number of nitrogens with two attached hydrogens (primary N) is 1. The van der Waals surface area contributed by atoms with Crippen molar-refractivity contribution in [2.75, 3.05) is 11.4 Å². The molecule has 3 rings (SSSR count). The van der Waals surface area contributed by atoms with Crippen molar-refractivity contribution < 1.29 is 22.7 Å². The number of para-hydroxylation sites is 1. The molecule has 0 aromatic heterocycles. The number of primary amides is 1. The van der Waals surface area contributed by atoms with Gasteiger partial charge in [0.1, 0.15) is 6.04 Å². The van der Waals surface area contributed by atoms with Crippen LogP contribution < -0.4 is 10.0 Å². The number of ether oxygens (including phenoxy) is 1. The normalized spacial score (nSPS) is 16.4. The molecule has 25 heavy (non-hydrogen) atoms. The first-order valence-corrected chi connectivity index (χ1v) is 8.90. The summed E-state index contributed by atoms with van der Waals surface area (Å²) < 4.78 is 31.8. The van der Waals surface area contributed by atoms with E-state index in [4.69, 9.17) is 5.73 Å². The molecule has 2 N–H and O–H groups in total. The van der Waals surface area contributed by atoms with Crippen molar-refractivity contribution >= 4 is 27.6 Å². The maximum Gasteiger partial charge on any atom is 0.337 e. The molecular formula is C17H16N2O5S. The van der Waals surface area contributed by atoms with Gasteiger partial charge in [0.05, 0.1) is 23.3 Å². The Morgan fingerprint density at radius 2 is 1.76 bits per heavy atom. The number of nitrogens with zero attached hydrogens (tertiary/aromatic N) is 1. The third kappa shape index (κ3) is 2.85. The Balaban J connectivity index is 2.06. The van der Waals surface area contributed by atoms with Crippen LogP contribution in [0.2, 0.25) is 0 Å². The third-order valence-corrected chi connectivity index (χ3v) is 5.92. The molecule has 1 heterocycles. The minimum absolute atomic E-state index is 0.0388. The zero-order chi connectivity index (χ0) is 18.2. The van der Waals surface area contributed by atoms with Crippen LogP contribution in [0.3, 0.4) is 0 Å². The summed E-state index contributed by atoms with van der Waals surface area (Å²) in [6.45, 7) is 0. The lowest BCUT2D eigenvalue weighted by Crippen LogP contribution is -2.45. The fourth-order valence-electron chi connectivity index (χ4n) is 2.87. The Morgan fingerprint density at radius 3 is 2.36 bits per heavy atom. The summed E-state index contributed by atoms with van der Waals surface area (Å²) in [4.78, 5) is 23.2. The van der Waals surface area contributed by atoms with Crippen LogP contribution in [0.5, 0.6) is 0 Å². The smallest absolute Gasteiger partial charge is 0.337 e. The van der Waals surface area contributed by atoms with E-state index in [-0.39, 0.29) is 16.9 Å². The zero-order valence-corrected chi connectivity index (χ0v) is 14.2. The monoisotopic (exact) mass is 360 g/mol. The second-order valence-corrected chi connectivity index (χ2v) is 7.38. The van der Waals surface area contributed by atoms with Gasteiger partial charge in [-0.05, 0) is 35.9 Å². The molecule has 2 aromatic carbocycles. The summed E-state index contributed by atoms with van der Waals surface area (Å²) in [5, 5.41) is 0. The van der Waals surface area contributed by atoms with Crippen LogP contribution in [0.1, 0.15) is 15.9 Å². The average Bonchev–Trinajstić information content (AvgIpc) is 3.02. The maximum atomic E-state index is 13.1. The molecule has 7 nitrogen and oxygen atoms in total. The van der Waals surface area contributed by atoms with Gasteiger partial charge in [-0.25, -0.2) is 13.2 Å². The standard InChI is InChI=1S/C17H16N2O5S/c1-24-17(21)11-6-8-13(9-7-11)25(22,23)19-14-5-3-2-4-12(14)10-15(19)16(18)20/h2-9,15H,10H2,1H3,(H2,18,20)/t15-/m0/s1. The van der Waals surface area contributed by atoms with Crippen molar-refractivity contribution in [3.63, 3.8) is 0 Å². The second-order valence-electron chi connectivity index (χ2n) is 5.57. The van der Waals surface area contributed by atoms with Crippen molar-refractivity contribution in [3.8, 4) is 0 Å². The van der Waals surface area contributed by atoms with Crippen LogP contribution in [0, 0.1) is 0 Å². The van der Waals surface area contributed by atoms with Gasteiger partial charge in [-0.15, -0.1) is 0 Å². The Morgan fingerprint density at radius 1 is 1.12 bits per heavy atom. The molecule has 0 unspecified atom stereocenters. The summed E-state index contributed by atoms with van der Waals surface area (Å²) in [5.41, 5.74) is 6.82. The number of benzene rings is 2. The van der Waals surface area contributed by atoms with Gasteiger partial charge in [0.15, 0.2) is 0 Å². The number of hydrogen-bond acceptors (Lipinski definition) is 5. The first-order chi connectivity index (χ1) is 11.9. The van der Waals surface area contributed by atoms with Crippen LogP contribution in [0.4, 0.5) is 5.69 Å². The highest BCUT2D eigenvalue weighted by Gasteiger charge is 2.41. The van der Waals surface area contributed by atoms with E-state index in [1.54, 1.807) is 24.3 Å². The van der Waals surface area contributed by atoms with E-state index in [0.29, 0.717) is 5.69 Å². The number of methoxy groups -OCH3 is 1. The average molecular weight is 360 g/mol. The number of sulfonamides is 1. The Hall–Kier alpha value is -2.87. The SMILES string of the molecule is COC(=O)c1ccc(S(=O)(=O)N2c3ccccc3C[C@H]2C(N)=O)cc1. The van der Waals surface area contributed by atoms with E-state index in [2.05, 4.69) is 4.74 Å². The molecule has 1 atom stereocenters. The molecule has 0 bridgehead atoms. The molecule has 2 aromatic rings. The van der Waals surface area contributed by atoms with E-state index >= 15 is 0 Å². The predicted molar refractivity (Wildman–Crippen MR) is 90.6 cm³/mol. The second kappa shape index (κ2) is 6.21. The number of rotatable bonds is 4. The van der Waals surface area contributed by atoms with Gasteiger partial charge in [-0.3, -0.25) is 9.10 Å². The van der Waals surface area contributed by atoms with E-state index in [0.717, 1.165) is 9.87 Å². The molecular weight excluding hydrogens is 344 g/mol. The van der Waals surface area contributed by atoms with Crippen molar-refractivity contribution in [2.45, 2.75) is 17.4 Å². The summed E-state index contributed by atoms with van der Waals surface area (Å²) >= 11 is 0. The lowest BCUT2D eigenvalue weighted by Gasteiger charge is -2.25. The van der Waals surface area contributed by atoms with Gasteiger partial charge < -0.3 is 10.5 Å². The van der Waals surface area contributed by atoms with Gasteiger partial charge in [0, 0.05) is 6.42 Å². The Labute approximate surface area is 145 Å². The molecule has 1 aliphatic rings. The first kappa shape index (κ1) is 17.0. The van der Waals surface area contributed by atoms with Crippen LogP contribution in [0.25, 0.3) is 0 Å². The number of anilines is 1. The molecule has 0 fully saturated rings. The lowest BCUT2D eigenvalue weighted by molar-refractivity contribution is -0.118. The van der Waals surface area contributed by atoms with E-state index < -0.39 is 27.9 Å². The topological polar surface area (TPSA) is 107 Å². The fourth-order valence-corrected chi connectivity index (χ4v) is 4.52. The summed E-state index contributed by atoms with van der Waals surface area (Å²) in [7, 11) is -2.77. The highest BCUT2D eigenvalue weighted by atomic mass is 32.2. The van der Waals surface area contributed by atoms with Crippen LogP contribution in [-0.4, -0.2) is 33.4 Å². The number of amides is 1. The Kier molecular flexibility index (Phi) is 4.22. The van der Waals surface area contributed by atoms with Crippen molar-refractivity contribution in [2.24, 2.45) is 5.73 Å². The minimum atomic E-state index is -4.02. The van der Waals surface area contributed by atoms with Crippen LogP contribution >= 0.6 is 0 Å². The maximum absolute atomic E-state index is 13.1. The summed E-state index contributed by atoms with van der Waals surface area (Å²) in [6.07, 6.45) is 0.227. The highest BCUT2D eigenvalue weighted by Crippen LogP contribution is 2.36. The van der Waals surface area contributed by atoms with E-state index in [1.807, 2.05) is 0 Å². The number of carbonyl (C=O) groups is 2. The van der Waals surface area contributed by atoms with Crippen LogP contribution in [0.15, 0.2) is 53.4 Å². The van der Waals surface area contributed by atoms with Gasteiger partial charge >= 0.3 is 5.97 Å². The van der Waals surface area contributed by atoms with Gasteiger partial charge in [0.2, 0.25) is 5.91 Å². The molecule has 0 spiro atoms. The largest absolute Gasteiger partial charge is 0.465 e. The van der Waals surface area contributed by atoms with Crippen LogP contribution in [-0.2, 0) is 26.0 Å². The summed E-state index contributed by atoms with van der Waals surface area (Å²) in [5.74, 6) is -1.28. The van der Waals surface area contributed by atoms with Crippen molar-refractivity contribution in [3.05, 3.63) is 59.7 Å². The molecule has 8 heteroatoms. The molecule has 0 aliphatic carbocycles.